The fourth-order valence-electron chi connectivity index (χ4n) is 3.23. The number of amides is 3. The van der Waals surface area contributed by atoms with Crippen molar-refractivity contribution in [1.82, 2.24) is 15.7 Å². The summed E-state index contributed by atoms with van der Waals surface area (Å²) in [5.74, 6) is -3.48. The van der Waals surface area contributed by atoms with Gasteiger partial charge >= 0.3 is 5.97 Å². The molecule has 0 aromatic carbocycles. The summed E-state index contributed by atoms with van der Waals surface area (Å²) in [5, 5.41) is 20.4. The molecule has 0 aromatic heterocycles. The summed E-state index contributed by atoms with van der Waals surface area (Å²) in [5.41, 5.74) is 1.53. The van der Waals surface area contributed by atoms with Crippen molar-refractivity contribution in [1.29, 1.82) is 0 Å². The van der Waals surface area contributed by atoms with Gasteiger partial charge in [-0.2, -0.15) is 0 Å². The molecule has 1 saturated heterocycles. The second-order valence-electron chi connectivity index (χ2n) is 6.98. The Morgan fingerprint density at radius 1 is 1.23 bits per heavy atom. The minimum absolute atomic E-state index is 0.155. The Morgan fingerprint density at radius 3 is 2.38 bits per heavy atom. The maximum Gasteiger partial charge on any atom is 0.326 e. The molecule has 0 saturated carbocycles. The number of hydrogen-bond donors (Lipinski definition) is 4. The summed E-state index contributed by atoms with van der Waals surface area (Å²) < 4.78 is 0. The molecule has 1 aliphatic heterocycles. The lowest BCUT2D eigenvalue weighted by Crippen LogP contribution is -2.53. The lowest BCUT2D eigenvalue weighted by molar-refractivity contribution is -0.147. The summed E-state index contributed by atoms with van der Waals surface area (Å²) in [4.78, 5) is 49.5. The molecule has 9 nitrogen and oxygen atoms in total. The molecule has 1 fully saturated rings. The number of aliphatic carboxylic acids is 1. The molecule has 0 radical (unpaired) electrons. The molecule has 1 heterocycles. The van der Waals surface area contributed by atoms with E-state index in [-0.39, 0.29) is 18.2 Å². The Balaban J connectivity index is 2.86. The molecule has 1 rings (SSSR count). The van der Waals surface area contributed by atoms with Crippen LogP contribution in [0.1, 0.15) is 52.9 Å². The molecule has 0 spiro atoms. The van der Waals surface area contributed by atoms with Crippen LogP contribution in [0.5, 0.6) is 0 Å². The van der Waals surface area contributed by atoms with E-state index in [1.54, 1.807) is 13.8 Å². The Kier molecular flexibility index (Phi) is 8.50. The molecule has 3 atom stereocenters. The van der Waals surface area contributed by atoms with Crippen molar-refractivity contribution in [3.63, 3.8) is 0 Å². The SMILES string of the molecule is CCC[C@@H](CC(=O)NO)C(=O)N1CCCC1C(=O)NC(C(=O)O)C(C)C. The topological polar surface area (TPSA) is 136 Å². The second-order valence-corrected chi connectivity index (χ2v) is 6.98. The number of carboxylic acid groups (broad SMARTS) is 1. The lowest BCUT2D eigenvalue weighted by atomic mass is 9.97. The maximum atomic E-state index is 12.8. The van der Waals surface area contributed by atoms with E-state index in [0.29, 0.717) is 32.2 Å². The van der Waals surface area contributed by atoms with Crippen LogP contribution in [0, 0.1) is 11.8 Å². The molecular formula is C17H29N3O6. The summed E-state index contributed by atoms with van der Waals surface area (Å²) in [6, 6.07) is -1.76. The zero-order chi connectivity index (χ0) is 19.9. The number of nitrogens with zero attached hydrogens (tertiary/aromatic N) is 1. The third kappa shape index (κ3) is 5.69. The van der Waals surface area contributed by atoms with E-state index >= 15 is 0 Å². The Labute approximate surface area is 153 Å². The van der Waals surface area contributed by atoms with Crippen molar-refractivity contribution in [2.45, 2.75) is 65.0 Å². The first kappa shape index (κ1) is 21.9. The first-order valence-electron chi connectivity index (χ1n) is 8.99. The van der Waals surface area contributed by atoms with Crippen LogP contribution in [0.15, 0.2) is 0 Å². The standard InChI is InChI=1S/C17H29N3O6/c1-4-6-11(9-13(21)19-26)16(23)20-8-5-7-12(20)15(22)18-14(10(2)3)17(24)25/h10-12,14,26H,4-9H2,1-3H3,(H,18,22)(H,19,21)(H,24,25)/t11-,12?,14?/m0/s1. The number of hydroxylamine groups is 1. The highest BCUT2D eigenvalue weighted by molar-refractivity contribution is 5.92. The van der Waals surface area contributed by atoms with E-state index in [4.69, 9.17) is 5.21 Å². The van der Waals surface area contributed by atoms with Crippen LogP contribution in [-0.2, 0) is 19.2 Å². The minimum Gasteiger partial charge on any atom is -0.480 e. The third-order valence-electron chi connectivity index (χ3n) is 4.61. The van der Waals surface area contributed by atoms with Gasteiger partial charge in [0, 0.05) is 18.9 Å². The number of carbonyl (C=O) groups excluding carboxylic acids is 3. The minimum atomic E-state index is -1.12. The average Bonchev–Trinajstić information content (AvgIpc) is 3.07. The van der Waals surface area contributed by atoms with Gasteiger partial charge in [-0.3, -0.25) is 19.6 Å². The van der Waals surface area contributed by atoms with Gasteiger partial charge in [-0.05, 0) is 25.2 Å². The third-order valence-corrected chi connectivity index (χ3v) is 4.61. The quantitative estimate of drug-likeness (QED) is 0.344. The van der Waals surface area contributed by atoms with E-state index in [1.807, 2.05) is 6.92 Å². The van der Waals surface area contributed by atoms with Gasteiger partial charge in [-0.1, -0.05) is 27.2 Å². The predicted octanol–water partition coefficient (Wildman–Crippen LogP) is 0.515. The molecule has 3 amide bonds. The first-order valence-corrected chi connectivity index (χ1v) is 8.99. The van der Waals surface area contributed by atoms with E-state index in [1.165, 1.54) is 10.4 Å². The molecule has 0 bridgehead atoms. The van der Waals surface area contributed by atoms with Gasteiger partial charge in [-0.15, -0.1) is 0 Å². The van der Waals surface area contributed by atoms with E-state index in [0.717, 1.165) is 0 Å². The van der Waals surface area contributed by atoms with E-state index in [9.17, 15) is 24.3 Å². The Hall–Kier alpha value is -2.16. The molecule has 4 N–H and O–H groups in total. The first-order chi connectivity index (χ1) is 12.2. The van der Waals surface area contributed by atoms with Crippen LogP contribution >= 0.6 is 0 Å². The number of carboxylic acids is 1. The molecule has 0 aliphatic carbocycles. The molecule has 1 aliphatic rings. The highest BCUT2D eigenvalue weighted by Crippen LogP contribution is 2.24. The molecule has 9 heteroatoms. The van der Waals surface area contributed by atoms with E-state index in [2.05, 4.69) is 5.32 Å². The van der Waals surface area contributed by atoms with Crippen molar-refractivity contribution in [3.05, 3.63) is 0 Å². The fraction of sp³-hybridized carbons (Fsp3) is 0.765. The summed E-state index contributed by atoms with van der Waals surface area (Å²) in [6.07, 6.45) is 2.06. The van der Waals surface area contributed by atoms with E-state index < -0.39 is 35.8 Å². The zero-order valence-corrected chi connectivity index (χ0v) is 15.5. The monoisotopic (exact) mass is 371 g/mol. The largest absolute Gasteiger partial charge is 0.480 e. The van der Waals surface area contributed by atoms with Crippen LogP contribution in [-0.4, -0.2) is 57.5 Å². The summed E-state index contributed by atoms with van der Waals surface area (Å²) in [7, 11) is 0. The van der Waals surface area contributed by atoms with Crippen molar-refractivity contribution >= 4 is 23.7 Å². The molecule has 2 unspecified atom stereocenters. The van der Waals surface area contributed by atoms with Gasteiger partial charge in [0.2, 0.25) is 17.7 Å². The predicted molar refractivity (Wildman–Crippen MR) is 92.1 cm³/mol. The van der Waals surface area contributed by atoms with Gasteiger partial charge in [0.1, 0.15) is 12.1 Å². The van der Waals surface area contributed by atoms with Gasteiger partial charge in [0.05, 0.1) is 0 Å². The van der Waals surface area contributed by atoms with Crippen LogP contribution in [0.4, 0.5) is 0 Å². The highest BCUT2D eigenvalue weighted by atomic mass is 16.5. The Morgan fingerprint density at radius 2 is 1.88 bits per heavy atom. The average molecular weight is 371 g/mol. The molecule has 148 valence electrons. The van der Waals surface area contributed by atoms with Crippen molar-refractivity contribution in [2.24, 2.45) is 11.8 Å². The second kappa shape index (κ2) is 10.1. The van der Waals surface area contributed by atoms with Crippen LogP contribution in [0.25, 0.3) is 0 Å². The maximum absolute atomic E-state index is 12.8. The highest BCUT2D eigenvalue weighted by Gasteiger charge is 2.38. The molecular weight excluding hydrogens is 342 g/mol. The number of likely N-dealkylation sites (tertiary alicyclic amines) is 1. The molecule has 0 aromatic rings. The smallest absolute Gasteiger partial charge is 0.326 e. The lowest BCUT2D eigenvalue weighted by Gasteiger charge is -2.29. The van der Waals surface area contributed by atoms with Crippen LogP contribution < -0.4 is 10.8 Å². The molecule has 26 heavy (non-hydrogen) atoms. The van der Waals surface area contributed by atoms with Gasteiger partial charge < -0.3 is 15.3 Å². The fourth-order valence-corrected chi connectivity index (χ4v) is 3.23. The Bertz CT molecular complexity index is 537. The van der Waals surface area contributed by atoms with Crippen LogP contribution in [0.2, 0.25) is 0 Å². The van der Waals surface area contributed by atoms with Crippen molar-refractivity contribution in [3.8, 4) is 0 Å². The normalized spacial score (nSPS) is 19.1. The van der Waals surface area contributed by atoms with Gasteiger partial charge in [0.15, 0.2) is 0 Å². The van der Waals surface area contributed by atoms with Crippen LogP contribution in [0.3, 0.4) is 0 Å². The number of rotatable bonds is 9. The van der Waals surface area contributed by atoms with Crippen molar-refractivity contribution < 1.29 is 29.5 Å². The van der Waals surface area contributed by atoms with Gasteiger partial charge in [-0.25, -0.2) is 10.3 Å². The number of nitrogens with one attached hydrogen (secondary N) is 2. The summed E-state index contributed by atoms with van der Waals surface area (Å²) >= 11 is 0. The summed E-state index contributed by atoms with van der Waals surface area (Å²) in [6.45, 7) is 5.66. The van der Waals surface area contributed by atoms with Crippen molar-refractivity contribution in [2.75, 3.05) is 6.54 Å². The zero-order valence-electron chi connectivity index (χ0n) is 15.5. The number of hydrogen-bond acceptors (Lipinski definition) is 5. The van der Waals surface area contributed by atoms with Gasteiger partial charge in [0.25, 0.3) is 0 Å². The number of carbonyl (C=O) groups is 4.